The zero-order valence-electron chi connectivity index (χ0n) is 16.5. The minimum Gasteiger partial charge on any atom is -0.479 e. The molecule has 3 aromatic rings. The molecule has 4 rings (SSSR count). The minimum absolute atomic E-state index is 0.104. The van der Waals surface area contributed by atoms with Gasteiger partial charge in [0, 0.05) is 12.1 Å². The van der Waals surface area contributed by atoms with Crippen LogP contribution < -0.4 is 20.3 Å². The molecule has 2 heterocycles. The number of anilines is 3. The van der Waals surface area contributed by atoms with Crippen LogP contribution >= 0.6 is 11.3 Å². The van der Waals surface area contributed by atoms with E-state index in [1.807, 2.05) is 6.07 Å². The lowest BCUT2D eigenvalue weighted by Gasteiger charge is -2.32. The zero-order chi connectivity index (χ0) is 21.3. The van der Waals surface area contributed by atoms with E-state index >= 15 is 0 Å². The first kappa shape index (κ1) is 19.8. The molecule has 0 bridgehead atoms. The van der Waals surface area contributed by atoms with Gasteiger partial charge >= 0.3 is 0 Å². The summed E-state index contributed by atoms with van der Waals surface area (Å²) in [5.41, 5.74) is 1.90. The van der Waals surface area contributed by atoms with Gasteiger partial charge in [0.25, 0.3) is 5.91 Å². The molecular formula is C21H20N4O4S. The lowest BCUT2D eigenvalue weighted by molar-refractivity contribution is -0.127. The molecular weight excluding hydrogens is 404 g/mol. The summed E-state index contributed by atoms with van der Waals surface area (Å²) < 4.78 is 6.44. The van der Waals surface area contributed by atoms with Gasteiger partial charge < -0.3 is 15.4 Å². The van der Waals surface area contributed by atoms with Crippen molar-refractivity contribution in [2.75, 3.05) is 22.1 Å². The molecule has 0 aliphatic carbocycles. The van der Waals surface area contributed by atoms with E-state index < -0.39 is 6.10 Å². The van der Waals surface area contributed by atoms with E-state index in [2.05, 4.69) is 15.6 Å². The number of para-hydroxylation sites is 2. The molecule has 1 atom stereocenters. The summed E-state index contributed by atoms with van der Waals surface area (Å²) in [5.74, 6) is -0.119. The van der Waals surface area contributed by atoms with Crippen LogP contribution in [0.3, 0.4) is 0 Å². The molecule has 1 aliphatic rings. The van der Waals surface area contributed by atoms with E-state index in [1.165, 1.54) is 16.2 Å². The molecule has 0 radical (unpaired) electrons. The lowest BCUT2D eigenvalue weighted by Crippen LogP contribution is -2.47. The second-order valence-corrected chi connectivity index (χ2v) is 7.83. The fourth-order valence-corrected chi connectivity index (χ4v) is 4.05. The highest BCUT2D eigenvalue weighted by molar-refractivity contribution is 7.22. The first-order valence-electron chi connectivity index (χ1n) is 9.52. The van der Waals surface area contributed by atoms with E-state index in [0.717, 1.165) is 10.2 Å². The number of hydrogen-bond acceptors (Lipinski definition) is 6. The summed E-state index contributed by atoms with van der Waals surface area (Å²) in [4.78, 5) is 42.6. The van der Waals surface area contributed by atoms with Crippen LogP contribution in [-0.4, -0.2) is 35.4 Å². The van der Waals surface area contributed by atoms with Crippen molar-refractivity contribution in [3.05, 3.63) is 42.5 Å². The van der Waals surface area contributed by atoms with E-state index in [-0.39, 0.29) is 24.3 Å². The van der Waals surface area contributed by atoms with Crippen molar-refractivity contribution < 1.29 is 19.1 Å². The maximum Gasteiger partial charge on any atom is 0.268 e. The molecule has 154 valence electrons. The Morgan fingerprint density at radius 1 is 1.17 bits per heavy atom. The Labute approximate surface area is 176 Å². The van der Waals surface area contributed by atoms with Gasteiger partial charge in [-0.3, -0.25) is 19.3 Å². The van der Waals surface area contributed by atoms with E-state index in [4.69, 9.17) is 4.74 Å². The molecule has 0 fully saturated rings. The second-order valence-electron chi connectivity index (χ2n) is 6.80. The summed E-state index contributed by atoms with van der Waals surface area (Å²) in [7, 11) is 0. The van der Waals surface area contributed by atoms with Gasteiger partial charge in [0.15, 0.2) is 11.2 Å². The Bertz CT molecular complexity index is 1140. The number of carbonyl (C=O) groups is 3. The third-order valence-corrected chi connectivity index (χ3v) is 5.55. The Kier molecular flexibility index (Phi) is 5.37. The first-order chi connectivity index (χ1) is 14.4. The molecule has 1 aromatic heterocycles. The third kappa shape index (κ3) is 3.97. The van der Waals surface area contributed by atoms with Crippen molar-refractivity contribution >= 4 is 55.8 Å². The van der Waals surface area contributed by atoms with Crippen molar-refractivity contribution in [1.29, 1.82) is 0 Å². The van der Waals surface area contributed by atoms with Crippen LogP contribution in [0.1, 0.15) is 20.3 Å². The maximum atomic E-state index is 12.7. The predicted molar refractivity (Wildman–Crippen MR) is 116 cm³/mol. The number of nitrogens with zero attached hydrogens (tertiary/aromatic N) is 2. The topological polar surface area (TPSA) is 101 Å². The van der Waals surface area contributed by atoms with Crippen LogP contribution in [0.5, 0.6) is 5.75 Å². The smallest absolute Gasteiger partial charge is 0.268 e. The van der Waals surface area contributed by atoms with Crippen LogP contribution in [-0.2, 0) is 14.4 Å². The molecule has 2 aromatic carbocycles. The van der Waals surface area contributed by atoms with Crippen molar-refractivity contribution in [3.8, 4) is 5.75 Å². The Balaban J connectivity index is 1.49. The maximum absolute atomic E-state index is 12.7. The van der Waals surface area contributed by atoms with Crippen molar-refractivity contribution in [2.24, 2.45) is 0 Å². The number of aromatic nitrogens is 1. The number of rotatable bonds is 5. The molecule has 0 saturated carbocycles. The summed E-state index contributed by atoms with van der Waals surface area (Å²) in [6.07, 6.45) is -0.280. The number of carbonyl (C=O) groups excluding carboxylic acids is 3. The highest BCUT2D eigenvalue weighted by Crippen LogP contribution is 2.33. The van der Waals surface area contributed by atoms with Crippen LogP contribution in [0.4, 0.5) is 16.5 Å². The summed E-state index contributed by atoms with van der Waals surface area (Å²) in [6, 6.07) is 12.5. The van der Waals surface area contributed by atoms with E-state index in [0.29, 0.717) is 28.7 Å². The van der Waals surface area contributed by atoms with Crippen molar-refractivity contribution in [2.45, 2.75) is 26.4 Å². The Morgan fingerprint density at radius 2 is 1.97 bits per heavy atom. The van der Waals surface area contributed by atoms with Gasteiger partial charge in [-0.15, -0.1) is 0 Å². The highest BCUT2D eigenvalue weighted by atomic mass is 32.1. The standard InChI is InChI=1S/C21H20N4O4S/c1-3-18(26)24-21-23-14-9-8-13(10-17(14)30-21)22-19(27)11-25-15-6-4-5-7-16(15)29-12(2)20(25)28/h4-10,12H,3,11H2,1-2H3,(H,22,27)(H,23,24,26)/t12-/m1/s1. The van der Waals surface area contributed by atoms with E-state index in [1.54, 1.807) is 50.2 Å². The molecule has 30 heavy (non-hydrogen) atoms. The average Bonchev–Trinajstić information content (AvgIpc) is 3.12. The van der Waals surface area contributed by atoms with Crippen LogP contribution in [0.15, 0.2) is 42.5 Å². The third-order valence-electron chi connectivity index (χ3n) is 4.61. The number of hydrogen-bond donors (Lipinski definition) is 2. The first-order valence-corrected chi connectivity index (χ1v) is 10.3. The summed E-state index contributed by atoms with van der Waals surface area (Å²) in [6.45, 7) is 3.31. The SMILES string of the molecule is CCC(=O)Nc1nc2ccc(NC(=O)CN3C(=O)[C@@H](C)Oc4ccccc43)cc2s1. The van der Waals surface area contributed by atoms with Gasteiger partial charge in [-0.2, -0.15) is 0 Å². The molecule has 8 nitrogen and oxygen atoms in total. The molecule has 2 N–H and O–H groups in total. The van der Waals surface area contributed by atoms with Gasteiger partial charge in [0.1, 0.15) is 12.3 Å². The molecule has 9 heteroatoms. The predicted octanol–water partition coefficient (Wildman–Crippen LogP) is 3.40. The average molecular weight is 424 g/mol. The van der Waals surface area contributed by atoms with Crippen molar-refractivity contribution in [3.63, 3.8) is 0 Å². The molecule has 0 spiro atoms. The number of amides is 3. The summed E-state index contributed by atoms with van der Waals surface area (Å²) in [5, 5.41) is 6.08. The van der Waals surface area contributed by atoms with Gasteiger partial charge in [-0.25, -0.2) is 4.98 Å². The molecule has 0 unspecified atom stereocenters. The largest absolute Gasteiger partial charge is 0.479 e. The van der Waals surface area contributed by atoms with E-state index in [9.17, 15) is 14.4 Å². The zero-order valence-corrected chi connectivity index (χ0v) is 17.3. The number of ether oxygens (including phenoxy) is 1. The van der Waals surface area contributed by atoms with Gasteiger partial charge in [0.05, 0.1) is 15.9 Å². The molecule has 3 amide bonds. The van der Waals surface area contributed by atoms with Crippen LogP contribution in [0.25, 0.3) is 10.2 Å². The summed E-state index contributed by atoms with van der Waals surface area (Å²) >= 11 is 1.33. The Morgan fingerprint density at radius 3 is 2.77 bits per heavy atom. The number of thiazole rings is 1. The lowest BCUT2D eigenvalue weighted by atomic mass is 10.2. The van der Waals surface area contributed by atoms with Crippen molar-refractivity contribution in [1.82, 2.24) is 4.98 Å². The van der Waals surface area contributed by atoms with Gasteiger partial charge in [-0.1, -0.05) is 30.4 Å². The second kappa shape index (κ2) is 8.11. The van der Waals surface area contributed by atoms with Crippen LogP contribution in [0.2, 0.25) is 0 Å². The minimum atomic E-state index is -0.655. The fourth-order valence-electron chi connectivity index (χ4n) is 3.13. The van der Waals surface area contributed by atoms with Gasteiger partial charge in [0.2, 0.25) is 11.8 Å². The number of fused-ring (bicyclic) bond motifs is 2. The highest BCUT2D eigenvalue weighted by Gasteiger charge is 2.32. The van der Waals surface area contributed by atoms with Gasteiger partial charge in [-0.05, 0) is 37.3 Å². The number of nitrogens with one attached hydrogen (secondary N) is 2. The monoisotopic (exact) mass is 424 g/mol. The van der Waals surface area contributed by atoms with Crippen LogP contribution in [0, 0.1) is 0 Å². The number of benzene rings is 2. The normalized spacial score (nSPS) is 15.5. The quantitative estimate of drug-likeness (QED) is 0.654. The Hall–Kier alpha value is -3.46. The molecule has 1 aliphatic heterocycles. The molecule has 0 saturated heterocycles. The fraction of sp³-hybridized carbons (Fsp3) is 0.238.